The number of benzene rings is 1. The van der Waals surface area contributed by atoms with E-state index in [-0.39, 0.29) is 24.7 Å². The van der Waals surface area contributed by atoms with Crippen LogP contribution in [0, 0.1) is 6.92 Å². The third-order valence-corrected chi connectivity index (χ3v) is 9.38. The van der Waals surface area contributed by atoms with E-state index in [1.165, 1.54) is 11.3 Å². The molecule has 0 atom stereocenters. The van der Waals surface area contributed by atoms with Crippen LogP contribution in [0.4, 0.5) is 5.00 Å². The van der Waals surface area contributed by atoms with E-state index in [1.54, 1.807) is 37.8 Å². The van der Waals surface area contributed by atoms with Crippen molar-refractivity contribution in [3.05, 3.63) is 49.1 Å². The van der Waals surface area contributed by atoms with Gasteiger partial charge < -0.3 is 24.6 Å². The van der Waals surface area contributed by atoms with Gasteiger partial charge in [-0.3, -0.25) is 4.79 Å². The summed E-state index contributed by atoms with van der Waals surface area (Å²) in [6.45, 7) is 7.37. The Morgan fingerprint density at radius 1 is 0.974 bits per heavy atom. The minimum absolute atomic E-state index is 0.136. The number of carbonyl (C=O) groups is 3. The average Bonchev–Trinajstić information content (AvgIpc) is 3.39. The number of anilines is 1. The number of thiophene rings is 2. The molecule has 1 aromatic carbocycles. The van der Waals surface area contributed by atoms with Crippen LogP contribution in [0.25, 0.3) is 10.1 Å². The SMILES string of the molecule is CCOC(=O)c1sc(NC(=S)N2CCN(C(=O)c3sc4cc(Cl)ccc4c3Cl)CC2)c(C(=O)OCC)c1C. The smallest absolute Gasteiger partial charge is 0.348 e. The van der Waals surface area contributed by atoms with Crippen molar-refractivity contribution in [1.82, 2.24) is 9.80 Å². The molecule has 0 aliphatic carbocycles. The van der Waals surface area contributed by atoms with Crippen LogP contribution < -0.4 is 5.32 Å². The Labute approximate surface area is 243 Å². The number of carbonyl (C=O) groups excluding carboxylic acids is 3. The van der Waals surface area contributed by atoms with Gasteiger partial charge in [0.1, 0.15) is 14.8 Å². The van der Waals surface area contributed by atoms with Crippen molar-refractivity contribution in [1.29, 1.82) is 0 Å². The number of hydrogen-bond donors (Lipinski definition) is 1. The van der Waals surface area contributed by atoms with E-state index in [2.05, 4.69) is 5.32 Å². The highest BCUT2D eigenvalue weighted by Crippen LogP contribution is 2.38. The van der Waals surface area contributed by atoms with Gasteiger partial charge in [0.2, 0.25) is 0 Å². The molecular formula is C25H25Cl2N3O5S3. The molecule has 2 aromatic heterocycles. The standard InChI is InChI=1S/C25H25Cl2N3O5S3/c1-4-34-23(32)17-13(3)19(24(33)35-5-2)38-21(17)28-25(36)30-10-8-29(9-11-30)22(31)20-18(27)15-7-6-14(26)12-16(15)37-20/h6-7,12H,4-5,8-11H2,1-3H3,(H,28,36). The van der Waals surface area contributed by atoms with E-state index in [9.17, 15) is 14.4 Å². The fourth-order valence-electron chi connectivity index (χ4n) is 4.05. The lowest BCUT2D eigenvalue weighted by atomic mass is 10.1. The zero-order chi connectivity index (χ0) is 27.6. The second-order valence-corrected chi connectivity index (χ2v) is 11.6. The highest BCUT2D eigenvalue weighted by atomic mass is 35.5. The summed E-state index contributed by atoms with van der Waals surface area (Å²) in [4.78, 5) is 42.8. The van der Waals surface area contributed by atoms with Gasteiger partial charge in [-0.05, 0) is 50.7 Å². The van der Waals surface area contributed by atoms with Gasteiger partial charge >= 0.3 is 11.9 Å². The van der Waals surface area contributed by atoms with Crippen LogP contribution >= 0.6 is 58.1 Å². The zero-order valence-electron chi connectivity index (χ0n) is 20.9. The molecule has 1 aliphatic rings. The monoisotopic (exact) mass is 613 g/mol. The van der Waals surface area contributed by atoms with Crippen molar-refractivity contribution in [2.24, 2.45) is 0 Å². The van der Waals surface area contributed by atoms with Crippen LogP contribution in [0.3, 0.4) is 0 Å². The number of fused-ring (bicyclic) bond motifs is 1. The first-order valence-electron chi connectivity index (χ1n) is 11.9. The van der Waals surface area contributed by atoms with Crippen LogP contribution in [0.1, 0.15) is 49.1 Å². The maximum atomic E-state index is 13.2. The summed E-state index contributed by atoms with van der Waals surface area (Å²) in [6.07, 6.45) is 0. The van der Waals surface area contributed by atoms with Crippen molar-refractivity contribution < 1.29 is 23.9 Å². The van der Waals surface area contributed by atoms with E-state index in [1.807, 2.05) is 11.0 Å². The minimum Gasteiger partial charge on any atom is -0.462 e. The molecule has 1 N–H and O–H groups in total. The van der Waals surface area contributed by atoms with Crippen LogP contribution in [-0.2, 0) is 9.47 Å². The van der Waals surface area contributed by atoms with Gasteiger partial charge in [0.15, 0.2) is 5.11 Å². The topological polar surface area (TPSA) is 88.2 Å². The summed E-state index contributed by atoms with van der Waals surface area (Å²) >= 11 is 20.7. The first-order chi connectivity index (χ1) is 18.2. The van der Waals surface area contributed by atoms with Crippen molar-refractivity contribution in [2.75, 3.05) is 44.7 Å². The second-order valence-electron chi connectivity index (χ2n) is 8.30. The molecule has 0 unspecified atom stereocenters. The fraction of sp³-hybridized carbons (Fsp3) is 0.360. The second kappa shape index (κ2) is 12.2. The average molecular weight is 615 g/mol. The van der Waals surface area contributed by atoms with Gasteiger partial charge in [-0.2, -0.15) is 0 Å². The Bertz CT molecular complexity index is 1410. The molecule has 202 valence electrons. The lowest BCUT2D eigenvalue weighted by Crippen LogP contribution is -2.51. The van der Waals surface area contributed by atoms with Crippen LogP contribution in [0.15, 0.2) is 18.2 Å². The van der Waals surface area contributed by atoms with E-state index >= 15 is 0 Å². The molecule has 0 saturated carbocycles. The summed E-state index contributed by atoms with van der Waals surface area (Å²) in [5, 5.41) is 5.75. The molecule has 0 radical (unpaired) electrons. The molecule has 13 heteroatoms. The normalized spacial score (nSPS) is 13.5. The fourth-order valence-corrected chi connectivity index (χ4v) is 7.24. The summed E-state index contributed by atoms with van der Waals surface area (Å²) in [5.41, 5.74) is 0.740. The van der Waals surface area contributed by atoms with Crippen LogP contribution in [0.2, 0.25) is 10.0 Å². The van der Waals surface area contributed by atoms with Gasteiger partial charge in [-0.15, -0.1) is 22.7 Å². The van der Waals surface area contributed by atoms with Gasteiger partial charge in [-0.25, -0.2) is 9.59 Å². The summed E-state index contributed by atoms with van der Waals surface area (Å²) < 4.78 is 11.2. The number of rotatable bonds is 6. The Hall–Kier alpha value is -2.44. The number of thiocarbonyl (C=S) groups is 1. The summed E-state index contributed by atoms with van der Waals surface area (Å²) in [5.74, 6) is -1.18. The quantitative estimate of drug-likeness (QED) is 0.264. The predicted octanol–water partition coefficient (Wildman–Crippen LogP) is 6.09. The maximum Gasteiger partial charge on any atom is 0.348 e. The maximum absolute atomic E-state index is 13.2. The van der Waals surface area contributed by atoms with E-state index < -0.39 is 11.9 Å². The Morgan fingerprint density at radius 2 is 1.61 bits per heavy atom. The lowest BCUT2D eigenvalue weighted by Gasteiger charge is -2.36. The Balaban J connectivity index is 1.46. The number of piperazine rings is 1. The molecule has 4 rings (SSSR count). The molecule has 3 heterocycles. The number of nitrogens with zero attached hydrogens (tertiary/aromatic N) is 2. The number of nitrogens with one attached hydrogen (secondary N) is 1. The Kier molecular flexibility index (Phi) is 9.15. The number of halogens is 2. The first kappa shape index (κ1) is 28.6. The molecule has 0 bridgehead atoms. The zero-order valence-corrected chi connectivity index (χ0v) is 24.9. The molecule has 1 aliphatic heterocycles. The van der Waals surface area contributed by atoms with Gasteiger partial charge in [0.05, 0.1) is 23.8 Å². The highest BCUT2D eigenvalue weighted by Gasteiger charge is 2.30. The molecule has 1 fully saturated rings. The van der Waals surface area contributed by atoms with Crippen LogP contribution in [0.5, 0.6) is 0 Å². The molecule has 38 heavy (non-hydrogen) atoms. The van der Waals surface area contributed by atoms with Gasteiger partial charge in [0, 0.05) is 41.3 Å². The summed E-state index contributed by atoms with van der Waals surface area (Å²) in [6, 6.07) is 5.37. The molecule has 8 nitrogen and oxygen atoms in total. The predicted molar refractivity (Wildman–Crippen MR) is 157 cm³/mol. The molecule has 3 aromatic rings. The van der Waals surface area contributed by atoms with Gasteiger partial charge in [0.25, 0.3) is 5.91 Å². The third-order valence-electron chi connectivity index (χ3n) is 5.95. The number of esters is 2. The van der Waals surface area contributed by atoms with E-state index in [0.717, 1.165) is 21.4 Å². The highest BCUT2D eigenvalue weighted by molar-refractivity contribution is 7.80. The molecule has 0 spiro atoms. The first-order valence-corrected chi connectivity index (χ1v) is 14.7. The summed E-state index contributed by atoms with van der Waals surface area (Å²) in [7, 11) is 0. The van der Waals surface area contributed by atoms with Crippen molar-refractivity contribution >= 4 is 96.1 Å². The van der Waals surface area contributed by atoms with Crippen molar-refractivity contribution in [3.8, 4) is 0 Å². The molecule has 1 saturated heterocycles. The lowest BCUT2D eigenvalue weighted by molar-refractivity contribution is 0.0526. The van der Waals surface area contributed by atoms with Crippen LogP contribution in [-0.4, -0.2) is 72.2 Å². The minimum atomic E-state index is -0.543. The van der Waals surface area contributed by atoms with Crippen molar-refractivity contribution in [3.63, 3.8) is 0 Å². The number of amides is 1. The third kappa shape index (κ3) is 5.76. The number of ether oxygens (including phenoxy) is 2. The molecule has 1 amide bonds. The molecular weight excluding hydrogens is 589 g/mol. The van der Waals surface area contributed by atoms with E-state index in [0.29, 0.717) is 61.7 Å². The number of hydrogen-bond acceptors (Lipinski definition) is 8. The Morgan fingerprint density at radius 3 is 2.26 bits per heavy atom. The van der Waals surface area contributed by atoms with Gasteiger partial charge in [-0.1, -0.05) is 29.3 Å². The largest absolute Gasteiger partial charge is 0.462 e. The van der Waals surface area contributed by atoms with Crippen molar-refractivity contribution in [2.45, 2.75) is 20.8 Å². The van der Waals surface area contributed by atoms with E-state index in [4.69, 9.17) is 44.9 Å².